The average Bonchev–Trinajstić information content (AvgIpc) is 3.22. The number of anilines is 2. The summed E-state index contributed by atoms with van der Waals surface area (Å²) in [4.78, 5) is 11.4. The second kappa shape index (κ2) is 9.70. The van der Waals surface area contributed by atoms with E-state index in [1.54, 1.807) is 0 Å². The van der Waals surface area contributed by atoms with Crippen LogP contribution in [0.15, 0.2) is 36.4 Å². The van der Waals surface area contributed by atoms with Crippen LogP contribution >= 0.6 is 23.8 Å². The smallest absolute Gasteiger partial charge is 0.232 e. The van der Waals surface area contributed by atoms with Gasteiger partial charge in [0.05, 0.1) is 0 Å². The Morgan fingerprint density at radius 1 is 1.13 bits per heavy atom. The highest BCUT2D eigenvalue weighted by Gasteiger charge is 2.35. The highest BCUT2D eigenvalue weighted by molar-refractivity contribution is 7.80. The molecule has 2 fully saturated rings. The van der Waals surface area contributed by atoms with Crippen LogP contribution in [-0.4, -0.2) is 34.7 Å². The van der Waals surface area contributed by atoms with Crippen molar-refractivity contribution in [3.05, 3.63) is 47.1 Å². The lowest BCUT2D eigenvalue weighted by Crippen LogP contribution is -2.41. The maximum absolute atomic E-state index is 6.33. The Labute approximate surface area is 196 Å². The summed E-state index contributed by atoms with van der Waals surface area (Å²) in [6, 6.07) is 12.6. The molecule has 2 heterocycles. The van der Waals surface area contributed by atoms with Gasteiger partial charge in [-0.2, -0.15) is 4.98 Å². The molecule has 5 nitrogen and oxygen atoms in total. The SMILES string of the molecule is C[C@@H]1C[C@H](C)CN(c2cc(Cl)nc(NC(=S)NCC3(c4ccccc4)CCCC3)n2)C1. The van der Waals surface area contributed by atoms with Gasteiger partial charge < -0.3 is 15.5 Å². The molecule has 1 aliphatic heterocycles. The van der Waals surface area contributed by atoms with Gasteiger partial charge in [0, 0.05) is 31.1 Å². The number of rotatable bonds is 5. The Bertz CT molecular complexity index is 890. The molecule has 4 rings (SSSR count). The zero-order valence-corrected chi connectivity index (χ0v) is 20.0. The lowest BCUT2D eigenvalue weighted by Gasteiger charge is -2.35. The van der Waals surface area contributed by atoms with Crippen LogP contribution in [0.25, 0.3) is 0 Å². The summed E-state index contributed by atoms with van der Waals surface area (Å²) < 4.78 is 0. The molecular weight excluding hydrogens is 426 g/mol. The molecule has 2 N–H and O–H groups in total. The third-order valence-electron chi connectivity index (χ3n) is 6.63. The van der Waals surface area contributed by atoms with E-state index in [9.17, 15) is 0 Å². The first kappa shape index (κ1) is 22.3. The summed E-state index contributed by atoms with van der Waals surface area (Å²) in [6.45, 7) is 7.35. The normalized spacial score (nSPS) is 22.9. The van der Waals surface area contributed by atoms with E-state index < -0.39 is 0 Å². The number of hydrogen-bond acceptors (Lipinski definition) is 4. The fraction of sp³-hybridized carbons (Fsp3) is 0.542. The molecule has 2 aliphatic rings. The van der Waals surface area contributed by atoms with Crippen molar-refractivity contribution in [2.75, 3.05) is 29.9 Å². The summed E-state index contributed by atoms with van der Waals surface area (Å²) in [7, 11) is 0. The Morgan fingerprint density at radius 3 is 2.48 bits per heavy atom. The minimum Gasteiger partial charge on any atom is -0.361 e. The predicted molar refractivity (Wildman–Crippen MR) is 133 cm³/mol. The van der Waals surface area contributed by atoms with E-state index in [4.69, 9.17) is 28.8 Å². The minimum absolute atomic E-state index is 0.132. The zero-order valence-electron chi connectivity index (χ0n) is 18.4. The van der Waals surface area contributed by atoms with Crippen molar-refractivity contribution in [3.8, 4) is 0 Å². The highest BCUT2D eigenvalue weighted by atomic mass is 35.5. The number of piperidine rings is 1. The second-order valence-electron chi connectivity index (χ2n) is 9.38. The van der Waals surface area contributed by atoms with Gasteiger partial charge in [0.2, 0.25) is 5.95 Å². The Balaban J connectivity index is 1.42. The van der Waals surface area contributed by atoms with Gasteiger partial charge in [0.1, 0.15) is 11.0 Å². The van der Waals surface area contributed by atoms with E-state index >= 15 is 0 Å². The minimum atomic E-state index is 0.132. The van der Waals surface area contributed by atoms with Crippen LogP contribution in [0.4, 0.5) is 11.8 Å². The molecule has 1 aliphatic carbocycles. The van der Waals surface area contributed by atoms with Gasteiger partial charge in [0.15, 0.2) is 5.11 Å². The van der Waals surface area contributed by atoms with E-state index in [2.05, 4.69) is 64.7 Å². The number of benzene rings is 1. The molecule has 2 atom stereocenters. The molecule has 166 valence electrons. The summed E-state index contributed by atoms with van der Waals surface area (Å²) in [5.74, 6) is 2.58. The summed E-state index contributed by atoms with van der Waals surface area (Å²) in [6.07, 6.45) is 6.11. The van der Waals surface area contributed by atoms with Crippen LogP contribution in [0.2, 0.25) is 5.15 Å². The lowest BCUT2D eigenvalue weighted by molar-refractivity contribution is 0.355. The van der Waals surface area contributed by atoms with Gasteiger partial charge in [-0.15, -0.1) is 0 Å². The molecule has 1 saturated heterocycles. The van der Waals surface area contributed by atoms with Crippen molar-refractivity contribution in [2.24, 2.45) is 11.8 Å². The fourth-order valence-corrected chi connectivity index (χ4v) is 5.62. The standard InChI is InChI=1S/C24H32ClN5S/c1-17-12-18(2)15-30(14-17)21-13-20(25)27-22(28-21)29-23(31)26-16-24(10-6-7-11-24)19-8-4-3-5-9-19/h3-5,8-9,13,17-18H,6-7,10-12,14-16H2,1-2H3,(H2,26,27,28,29,31)/t17-,18+. The van der Waals surface area contributed by atoms with Crippen LogP contribution < -0.4 is 15.5 Å². The predicted octanol–water partition coefficient (Wildman–Crippen LogP) is 5.41. The number of nitrogens with zero attached hydrogens (tertiary/aromatic N) is 3. The van der Waals surface area contributed by atoms with Crippen LogP contribution in [0.3, 0.4) is 0 Å². The molecule has 1 aromatic carbocycles. The van der Waals surface area contributed by atoms with E-state index in [1.807, 2.05) is 6.07 Å². The van der Waals surface area contributed by atoms with Crippen molar-refractivity contribution < 1.29 is 0 Å². The van der Waals surface area contributed by atoms with Crippen LogP contribution in [-0.2, 0) is 5.41 Å². The fourth-order valence-electron chi connectivity index (χ4n) is 5.28. The molecule has 2 aromatic rings. The highest BCUT2D eigenvalue weighted by Crippen LogP contribution is 2.40. The summed E-state index contributed by atoms with van der Waals surface area (Å²) in [5.41, 5.74) is 1.52. The first-order chi connectivity index (χ1) is 14.9. The van der Waals surface area contributed by atoms with Gasteiger partial charge in [-0.3, -0.25) is 0 Å². The second-order valence-corrected chi connectivity index (χ2v) is 10.2. The van der Waals surface area contributed by atoms with E-state index in [-0.39, 0.29) is 5.41 Å². The third-order valence-corrected chi connectivity index (χ3v) is 7.07. The van der Waals surface area contributed by atoms with Gasteiger partial charge in [-0.25, -0.2) is 4.98 Å². The summed E-state index contributed by atoms with van der Waals surface area (Å²) >= 11 is 11.9. The van der Waals surface area contributed by atoms with E-state index in [1.165, 1.54) is 37.7 Å². The first-order valence-electron chi connectivity index (χ1n) is 11.3. The number of hydrogen-bond donors (Lipinski definition) is 2. The van der Waals surface area contributed by atoms with Gasteiger partial charge in [-0.1, -0.05) is 68.6 Å². The molecule has 0 radical (unpaired) electrons. The summed E-state index contributed by atoms with van der Waals surface area (Å²) in [5, 5.41) is 7.56. The molecule has 0 bridgehead atoms. The zero-order chi connectivity index (χ0) is 21.8. The molecule has 1 saturated carbocycles. The first-order valence-corrected chi connectivity index (χ1v) is 12.1. The van der Waals surface area contributed by atoms with Crippen molar-refractivity contribution in [1.29, 1.82) is 0 Å². The van der Waals surface area contributed by atoms with Crippen LogP contribution in [0, 0.1) is 11.8 Å². The Morgan fingerprint density at radius 2 is 1.81 bits per heavy atom. The van der Waals surface area contributed by atoms with Crippen molar-refractivity contribution in [3.63, 3.8) is 0 Å². The van der Waals surface area contributed by atoms with Crippen molar-refractivity contribution >= 4 is 40.7 Å². The van der Waals surface area contributed by atoms with Gasteiger partial charge >= 0.3 is 0 Å². The van der Waals surface area contributed by atoms with E-state index in [0.717, 1.165) is 25.5 Å². The number of halogens is 1. The van der Waals surface area contributed by atoms with Crippen molar-refractivity contribution in [2.45, 2.75) is 51.4 Å². The number of aromatic nitrogens is 2. The molecule has 0 amide bonds. The van der Waals surface area contributed by atoms with Crippen LogP contribution in [0.5, 0.6) is 0 Å². The molecular formula is C24H32ClN5S. The molecule has 0 unspecified atom stereocenters. The average molecular weight is 458 g/mol. The van der Waals surface area contributed by atoms with E-state index in [0.29, 0.717) is 28.0 Å². The molecule has 7 heteroatoms. The van der Waals surface area contributed by atoms with Gasteiger partial charge in [0.25, 0.3) is 0 Å². The molecule has 31 heavy (non-hydrogen) atoms. The molecule has 0 spiro atoms. The Hall–Kier alpha value is -1.92. The Kier molecular flexibility index (Phi) is 6.97. The monoisotopic (exact) mass is 457 g/mol. The molecule has 1 aromatic heterocycles. The van der Waals surface area contributed by atoms with Crippen molar-refractivity contribution in [1.82, 2.24) is 15.3 Å². The lowest BCUT2D eigenvalue weighted by atomic mass is 9.79. The largest absolute Gasteiger partial charge is 0.361 e. The number of thiocarbonyl (C=S) groups is 1. The van der Waals surface area contributed by atoms with Gasteiger partial charge in [-0.05, 0) is 48.9 Å². The quantitative estimate of drug-likeness (QED) is 0.462. The van der Waals surface area contributed by atoms with Crippen LogP contribution in [0.1, 0.15) is 51.5 Å². The third kappa shape index (κ3) is 5.47. The number of nitrogens with one attached hydrogen (secondary N) is 2. The maximum Gasteiger partial charge on any atom is 0.232 e. The maximum atomic E-state index is 6.33. The topological polar surface area (TPSA) is 53.1 Å².